The minimum Gasteiger partial charge on any atom is -0.507 e. The van der Waals surface area contributed by atoms with E-state index in [1.807, 2.05) is 0 Å². The summed E-state index contributed by atoms with van der Waals surface area (Å²) < 4.78 is 17.9. The highest BCUT2D eigenvalue weighted by Crippen LogP contribution is 2.19. The van der Waals surface area contributed by atoms with Crippen molar-refractivity contribution in [2.45, 2.75) is 26.4 Å². The third-order valence-electron chi connectivity index (χ3n) is 3.65. The molecule has 25 heavy (non-hydrogen) atoms. The van der Waals surface area contributed by atoms with E-state index in [1.54, 1.807) is 25.1 Å². The van der Waals surface area contributed by atoms with E-state index in [0.717, 1.165) is 11.1 Å². The van der Waals surface area contributed by atoms with E-state index in [-0.39, 0.29) is 17.1 Å². The van der Waals surface area contributed by atoms with E-state index in [2.05, 4.69) is 5.32 Å². The van der Waals surface area contributed by atoms with Crippen LogP contribution >= 0.6 is 0 Å². The molecule has 0 unspecified atom stereocenters. The summed E-state index contributed by atoms with van der Waals surface area (Å²) >= 11 is 0. The molecule has 1 amide bonds. The maximum absolute atomic E-state index is 12.8. The van der Waals surface area contributed by atoms with Crippen molar-refractivity contribution in [2.24, 2.45) is 0 Å². The van der Waals surface area contributed by atoms with Crippen molar-refractivity contribution in [3.63, 3.8) is 0 Å². The molecule has 0 saturated heterocycles. The third kappa shape index (κ3) is 5.31. The Morgan fingerprint density at radius 3 is 2.52 bits per heavy atom. The number of benzene rings is 2. The van der Waals surface area contributed by atoms with Crippen LogP contribution in [0.5, 0.6) is 5.75 Å². The molecule has 0 radical (unpaired) electrons. The monoisotopic (exact) mass is 345 g/mol. The zero-order chi connectivity index (χ0) is 18.4. The second-order valence-corrected chi connectivity index (χ2v) is 5.74. The van der Waals surface area contributed by atoms with Gasteiger partial charge in [0.15, 0.2) is 6.10 Å². The van der Waals surface area contributed by atoms with Gasteiger partial charge in [0.1, 0.15) is 17.1 Å². The van der Waals surface area contributed by atoms with E-state index in [4.69, 9.17) is 4.74 Å². The highest BCUT2D eigenvalue weighted by atomic mass is 19.1. The predicted molar refractivity (Wildman–Crippen MR) is 90.8 cm³/mol. The maximum Gasteiger partial charge on any atom is 0.342 e. The quantitative estimate of drug-likeness (QED) is 0.790. The fraction of sp³-hybridized carbons (Fsp3) is 0.263. The maximum atomic E-state index is 12.8. The van der Waals surface area contributed by atoms with Crippen molar-refractivity contribution >= 4 is 11.9 Å². The van der Waals surface area contributed by atoms with Gasteiger partial charge in [-0.25, -0.2) is 9.18 Å². The average Bonchev–Trinajstić information content (AvgIpc) is 2.56. The van der Waals surface area contributed by atoms with Crippen molar-refractivity contribution in [3.05, 3.63) is 65.0 Å². The molecule has 0 aromatic heterocycles. The Morgan fingerprint density at radius 1 is 1.20 bits per heavy atom. The third-order valence-corrected chi connectivity index (χ3v) is 3.65. The number of esters is 1. The minimum atomic E-state index is -0.999. The molecule has 0 aliphatic heterocycles. The fourth-order valence-corrected chi connectivity index (χ4v) is 2.22. The Labute approximate surface area is 145 Å². The summed E-state index contributed by atoms with van der Waals surface area (Å²) in [6.07, 6.45) is -0.466. The van der Waals surface area contributed by atoms with Gasteiger partial charge in [-0.1, -0.05) is 18.2 Å². The molecule has 0 spiro atoms. The first kappa shape index (κ1) is 18.4. The zero-order valence-corrected chi connectivity index (χ0v) is 14.1. The van der Waals surface area contributed by atoms with Gasteiger partial charge in [-0.05, 0) is 55.7 Å². The Balaban J connectivity index is 1.83. The molecule has 5 nitrogen and oxygen atoms in total. The number of aryl methyl sites for hydroxylation is 1. The standard InChI is InChI=1S/C19H20FNO4/c1-12-3-8-16(17(22)11-12)19(24)25-13(2)18(23)21-10-9-14-4-6-15(20)7-5-14/h3-8,11,13,22H,9-10H2,1-2H3,(H,21,23)/t13-/m0/s1. The van der Waals surface area contributed by atoms with E-state index in [1.165, 1.54) is 31.2 Å². The smallest absolute Gasteiger partial charge is 0.342 e. The fourth-order valence-electron chi connectivity index (χ4n) is 2.22. The van der Waals surface area contributed by atoms with Crippen LogP contribution < -0.4 is 5.32 Å². The summed E-state index contributed by atoms with van der Waals surface area (Å²) in [5.74, 6) is -1.71. The normalized spacial score (nSPS) is 11.6. The molecule has 0 aliphatic carbocycles. The van der Waals surface area contributed by atoms with Crippen LogP contribution in [0.3, 0.4) is 0 Å². The van der Waals surface area contributed by atoms with Gasteiger partial charge in [0.2, 0.25) is 0 Å². The number of carbonyl (C=O) groups is 2. The van der Waals surface area contributed by atoms with Crippen LogP contribution in [-0.2, 0) is 16.0 Å². The summed E-state index contributed by atoms with van der Waals surface area (Å²) in [7, 11) is 0. The highest BCUT2D eigenvalue weighted by molar-refractivity contribution is 5.94. The number of hydrogen-bond acceptors (Lipinski definition) is 4. The topological polar surface area (TPSA) is 75.6 Å². The van der Waals surface area contributed by atoms with E-state index >= 15 is 0 Å². The Hall–Kier alpha value is -2.89. The van der Waals surface area contributed by atoms with Crippen molar-refractivity contribution < 1.29 is 23.8 Å². The van der Waals surface area contributed by atoms with Gasteiger partial charge < -0.3 is 15.2 Å². The molecule has 132 valence electrons. The van der Waals surface area contributed by atoms with Crippen LogP contribution in [0.1, 0.15) is 28.4 Å². The number of halogens is 1. The molecule has 0 fully saturated rings. The Kier molecular flexibility index (Phi) is 6.11. The van der Waals surface area contributed by atoms with Gasteiger partial charge in [-0.2, -0.15) is 0 Å². The van der Waals surface area contributed by atoms with Gasteiger partial charge in [0.25, 0.3) is 5.91 Å². The summed E-state index contributed by atoms with van der Waals surface area (Å²) in [6.45, 7) is 3.57. The van der Waals surface area contributed by atoms with E-state index < -0.39 is 18.0 Å². The van der Waals surface area contributed by atoms with Crippen LogP contribution in [0.25, 0.3) is 0 Å². The lowest BCUT2D eigenvalue weighted by molar-refractivity contribution is -0.129. The minimum absolute atomic E-state index is 0.0107. The van der Waals surface area contributed by atoms with E-state index in [0.29, 0.717) is 13.0 Å². The van der Waals surface area contributed by atoms with Gasteiger partial charge in [0.05, 0.1) is 0 Å². The first-order valence-electron chi connectivity index (χ1n) is 7.89. The summed E-state index contributed by atoms with van der Waals surface area (Å²) in [4.78, 5) is 24.0. The van der Waals surface area contributed by atoms with Crippen LogP contribution in [0.4, 0.5) is 4.39 Å². The number of rotatable bonds is 6. The molecule has 2 aromatic rings. The lowest BCUT2D eigenvalue weighted by Gasteiger charge is -2.14. The highest BCUT2D eigenvalue weighted by Gasteiger charge is 2.20. The first-order valence-corrected chi connectivity index (χ1v) is 7.89. The largest absolute Gasteiger partial charge is 0.507 e. The molecule has 0 bridgehead atoms. The zero-order valence-electron chi connectivity index (χ0n) is 14.1. The number of aromatic hydroxyl groups is 1. The van der Waals surface area contributed by atoms with Crippen LogP contribution in [0.2, 0.25) is 0 Å². The van der Waals surface area contributed by atoms with Crippen molar-refractivity contribution in [3.8, 4) is 5.75 Å². The number of nitrogens with one attached hydrogen (secondary N) is 1. The number of carbonyl (C=O) groups excluding carboxylic acids is 2. The van der Waals surface area contributed by atoms with Crippen LogP contribution in [-0.4, -0.2) is 29.6 Å². The molecule has 0 aliphatic rings. The Morgan fingerprint density at radius 2 is 1.88 bits per heavy atom. The number of phenolic OH excluding ortho intramolecular Hbond substituents is 1. The second-order valence-electron chi connectivity index (χ2n) is 5.74. The SMILES string of the molecule is Cc1ccc(C(=O)O[C@@H](C)C(=O)NCCc2ccc(F)cc2)c(O)c1. The predicted octanol–water partition coefficient (Wildman–Crippen LogP) is 2.74. The molecule has 2 aromatic carbocycles. The lowest BCUT2D eigenvalue weighted by Crippen LogP contribution is -2.36. The molecule has 2 N–H and O–H groups in total. The summed E-state index contributed by atoms with van der Waals surface area (Å²) in [5, 5.41) is 12.4. The molecule has 6 heteroatoms. The Bertz CT molecular complexity index is 759. The molecular weight excluding hydrogens is 325 g/mol. The second kappa shape index (κ2) is 8.28. The number of hydrogen-bond donors (Lipinski definition) is 2. The first-order chi connectivity index (χ1) is 11.9. The average molecular weight is 345 g/mol. The molecule has 2 rings (SSSR count). The van der Waals surface area contributed by atoms with Crippen molar-refractivity contribution in [1.82, 2.24) is 5.32 Å². The summed E-state index contributed by atoms with van der Waals surface area (Å²) in [5.41, 5.74) is 1.70. The van der Waals surface area contributed by atoms with Crippen LogP contribution in [0.15, 0.2) is 42.5 Å². The molecule has 0 heterocycles. The van der Waals surface area contributed by atoms with Gasteiger partial charge in [-0.15, -0.1) is 0 Å². The number of ether oxygens (including phenoxy) is 1. The van der Waals surface area contributed by atoms with Gasteiger partial charge in [-0.3, -0.25) is 4.79 Å². The lowest BCUT2D eigenvalue weighted by atomic mass is 10.1. The van der Waals surface area contributed by atoms with Gasteiger partial charge >= 0.3 is 5.97 Å². The number of amides is 1. The van der Waals surface area contributed by atoms with Crippen molar-refractivity contribution in [1.29, 1.82) is 0 Å². The molecule has 1 atom stereocenters. The van der Waals surface area contributed by atoms with Gasteiger partial charge in [0, 0.05) is 6.54 Å². The van der Waals surface area contributed by atoms with E-state index in [9.17, 15) is 19.1 Å². The number of phenols is 1. The van der Waals surface area contributed by atoms with Crippen molar-refractivity contribution in [2.75, 3.05) is 6.54 Å². The van der Waals surface area contributed by atoms with Crippen LogP contribution in [0, 0.1) is 12.7 Å². The summed E-state index contributed by atoms with van der Waals surface area (Å²) in [6, 6.07) is 10.6. The molecule has 0 saturated carbocycles. The molecular formula is C19H20FNO4.